The Bertz CT molecular complexity index is 1080. The summed E-state index contributed by atoms with van der Waals surface area (Å²) in [7, 11) is -2.46. The Labute approximate surface area is 177 Å². The Morgan fingerprint density at radius 2 is 1.90 bits per heavy atom. The molecule has 160 valence electrons. The molecule has 1 aliphatic rings. The van der Waals surface area contributed by atoms with E-state index in [2.05, 4.69) is 5.32 Å². The molecule has 2 aromatic carbocycles. The smallest absolute Gasteiger partial charge is 0.243 e. The largest absolute Gasteiger partial charge is 0.325 e. The van der Waals surface area contributed by atoms with Crippen LogP contribution in [-0.2, 0) is 32.5 Å². The first-order chi connectivity index (χ1) is 14.1. The van der Waals surface area contributed by atoms with Crippen LogP contribution in [-0.4, -0.2) is 44.2 Å². The Morgan fingerprint density at radius 3 is 2.57 bits per heavy atom. The average molecular weight is 430 g/mol. The van der Waals surface area contributed by atoms with Gasteiger partial charge in [-0.25, -0.2) is 8.42 Å². The summed E-state index contributed by atoms with van der Waals surface area (Å²) in [6, 6.07) is 12.2. The molecule has 1 heterocycles. The number of amides is 2. The molecule has 0 aromatic heterocycles. The molecule has 30 heavy (non-hydrogen) atoms. The van der Waals surface area contributed by atoms with E-state index in [4.69, 9.17) is 0 Å². The summed E-state index contributed by atoms with van der Waals surface area (Å²) in [6.45, 7) is 5.12. The zero-order valence-corrected chi connectivity index (χ0v) is 18.5. The Morgan fingerprint density at radius 1 is 1.20 bits per heavy atom. The predicted octanol–water partition coefficient (Wildman–Crippen LogP) is 2.81. The number of aryl methyl sites for hydroxylation is 1. The number of anilines is 2. The standard InChI is InChI=1S/C22H27N3O4S/c1-5-17-8-6-7-9-20(17)23-22(27)14-24(4)30(28,29)19-10-11-21-18(13-19)12-15(2)25(21)16(3)26/h6-11,13,15H,5,12,14H2,1-4H3,(H,23,27)/t15-/m1/s1. The number of hydrogen-bond donors (Lipinski definition) is 1. The molecule has 1 N–H and O–H groups in total. The van der Waals surface area contributed by atoms with Crippen molar-refractivity contribution in [3.05, 3.63) is 53.6 Å². The van der Waals surface area contributed by atoms with Crippen molar-refractivity contribution in [2.75, 3.05) is 23.8 Å². The van der Waals surface area contributed by atoms with Gasteiger partial charge in [0.1, 0.15) is 0 Å². The van der Waals surface area contributed by atoms with Crippen LogP contribution in [0, 0.1) is 0 Å². The van der Waals surface area contributed by atoms with E-state index in [9.17, 15) is 18.0 Å². The van der Waals surface area contributed by atoms with Gasteiger partial charge in [-0.05, 0) is 55.2 Å². The molecule has 2 aromatic rings. The number of fused-ring (bicyclic) bond motifs is 1. The van der Waals surface area contributed by atoms with Gasteiger partial charge in [0.25, 0.3) is 0 Å². The molecular formula is C22H27N3O4S. The Balaban J connectivity index is 1.76. The SMILES string of the molecule is CCc1ccccc1NC(=O)CN(C)S(=O)(=O)c1ccc2c(c1)C[C@@H](C)N2C(C)=O. The van der Waals surface area contributed by atoms with Crippen LogP contribution in [0.2, 0.25) is 0 Å². The number of rotatable bonds is 6. The van der Waals surface area contributed by atoms with E-state index in [1.165, 1.54) is 20.0 Å². The second kappa shape index (κ2) is 8.57. The van der Waals surface area contributed by atoms with E-state index in [1.807, 2.05) is 32.0 Å². The fourth-order valence-electron chi connectivity index (χ4n) is 3.86. The van der Waals surface area contributed by atoms with Gasteiger partial charge in [0.2, 0.25) is 21.8 Å². The van der Waals surface area contributed by atoms with Crippen LogP contribution in [0.5, 0.6) is 0 Å². The molecule has 2 amide bonds. The highest BCUT2D eigenvalue weighted by molar-refractivity contribution is 7.89. The highest BCUT2D eigenvalue weighted by Gasteiger charge is 2.31. The van der Waals surface area contributed by atoms with Crippen LogP contribution in [0.1, 0.15) is 31.9 Å². The van der Waals surface area contributed by atoms with Crippen LogP contribution < -0.4 is 10.2 Å². The lowest BCUT2D eigenvalue weighted by molar-refractivity contribution is -0.117. The molecule has 7 nitrogen and oxygen atoms in total. The van der Waals surface area contributed by atoms with Gasteiger partial charge in [-0.2, -0.15) is 4.31 Å². The number of nitrogens with one attached hydrogen (secondary N) is 1. The molecule has 1 aliphatic heterocycles. The lowest BCUT2D eigenvalue weighted by Gasteiger charge is -2.21. The molecule has 0 aliphatic carbocycles. The molecular weight excluding hydrogens is 402 g/mol. The number of nitrogens with zero attached hydrogens (tertiary/aromatic N) is 2. The minimum Gasteiger partial charge on any atom is -0.325 e. The van der Waals surface area contributed by atoms with Gasteiger partial charge in [0, 0.05) is 31.4 Å². The third kappa shape index (κ3) is 4.24. The molecule has 0 saturated carbocycles. The van der Waals surface area contributed by atoms with Crippen molar-refractivity contribution in [1.29, 1.82) is 0 Å². The van der Waals surface area contributed by atoms with Crippen molar-refractivity contribution >= 4 is 33.2 Å². The summed E-state index contributed by atoms with van der Waals surface area (Å²) >= 11 is 0. The summed E-state index contributed by atoms with van der Waals surface area (Å²) < 4.78 is 27.1. The minimum atomic E-state index is -3.85. The lowest BCUT2D eigenvalue weighted by atomic mass is 10.1. The normalized spacial score (nSPS) is 15.9. The van der Waals surface area contributed by atoms with Crippen molar-refractivity contribution in [2.45, 2.75) is 44.6 Å². The number of likely N-dealkylation sites (N-methyl/N-ethyl adjacent to an activating group) is 1. The highest BCUT2D eigenvalue weighted by Crippen LogP contribution is 2.34. The van der Waals surface area contributed by atoms with Gasteiger partial charge in [0.15, 0.2) is 0 Å². The van der Waals surface area contributed by atoms with E-state index < -0.39 is 15.9 Å². The quantitative estimate of drug-likeness (QED) is 0.765. The van der Waals surface area contributed by atoms with Gasteiger partial charge in [-0.15, -0.1) is 0 Å². The topological polar surface area (TPSA) is 86.8 Å². The van der Waals surface area contributed by atoms with Crippen molar-refractivity contribution < 1.29 is 18.0 Å². The second-order valence-electron chi connectivity index (χ2n) is 7.55. The zero-order valence-electron chi connectivity index (χ0n) is 17.7. The molecule has 0 spiro atoms. The zero-order chi connectivity index (χ0) is 22.1. The monoisotopic (exact) mass is 429 g/mol. The van der Waals surface area contributed by atoms with Gasteiger partial charge >= 0.3 is 0 Å². The fourth-order valence-corrected chi connectivity index (χ4v) is 5.03. The Kier molecular flexibility index (Phi) is 6.28. The van der Waals surface area contributed by atoms with Crippen LogP contribution in [0.15, 0.2) is 47.4 Å². The molecule has 1 atom stereocenters. The number of sulfonamides is 1. The Hall–Kier alpha value is -2.71. The third-order valence-electron chi connectivity index (χ3n) is 5.35. The molecule has 0 saturated heterocycles. The van der Waals surface area contributed by atoms with Gasteiger partial charge in [-0.3, -0.25) is 9.59 Å². The molecule has 3 rings (SSSR count). The minimum absolute atomic E-state index is 0.0161. The number of carbonyl (C=O) groups excluding carboxylic acids is 2. The van der Waals surface area contributed by atoms with Crippen LogP contribution >= 0.6 is 0 Å². The maximum Gasteiger partial charge on any atom is 0.243 e. The number of benzene rings is 2. The van der Waals surface area contributed by atoms with E-state index in [0.29, 0.717) is 12.1 Å². The number of para-hydroxylation sites is 1. The van der Waals surface area contributed by atoms with Gasteiger partial charge < -0.3 is 10.2 Å². The molecule has 8 heteroatoms. The first-order valence-electron chi connectivity index (χ1n) is 9.92. The number of carbonyl (C=O) groups is 2. The summed E-state index contributed by atoms with van der Waals surface area (Å²) in [5.41, 5.74) is 3.23. The van der Waals surface area contributed by atoms with Gasteiger partial charge in [-0.1, -0.05) is 25.1 Å². The first-order valence-corrected chi connectivity index (χ1v) is 11.4. The highest BCUT2D eigenvalue weighted by atomic mass is 32.2. The predicted molar refractivity (Wildman–Crippen MR) is 117 cm³/mol. The van der Waals surface area contributed by atoms with Crippen LogP contribution in [0.4, 0.5) is 11.4 Å². The van der Waals surface area contributed by atoms with Crippen molar-refractivity contribution in [3.63, 3.8) is 0 Å². The first kappa shape index (κ1) is 22.0. The van der Waals surface area contributed by atoms with Gasteiger partial charge in [0.05, 0.1) is 11.4 Å². The van der Waals surface area contributed by atoms with Crippen LogP contribution in [0.3, 0.4) is 0 Å². The summed E-state index contributed by atoms with van der Waals surface area (Å²) in [5.74, 6) is -0.475. The summed E-state index contributed by atoms with van der Waals surface area (Å²) in [6.07, 6.45) is 1.35. The van der Waals surface area contributed by atoms with E-state index in [0.717, 1.165) is 27.5 Å². The number of hydrogen-bond acceptors (Lipinski definition) is 4. The van der Waals surface area contributed by atoms with E-state index in [-0.39, 0.29) is 23.4 Å². The fraction of sp³-hybridized carbons (Fsp3) is 0.364. The van der Waals surface area contributed by atoms with E-state index >= 15 is 0 Å². The van der Waals surface area contributed by atoms with Crippen molar-refractivity contribution in [3.8, 4) is 0 Å². The third-order valence-corrected chi connectivity index (χ3v) is 7.15. The summed E-state index contributed by atoms with van der Waals surface area (Å²) in [5, 5.41) is 2.79. The van der Waals surface area contributed by atoms with Crippen LogP contribution in [0.25, 0.3) is 0 Å². The molecule has 0 radical (unpaired) electrons. The molecule has 0 fully saturated rings. The van der Waals surface area contributed by atoms with Crippen molar-refractivity contribution in [2.24, 2.45) is 0 Å². The molecule has 0 unspecified atom stereocenters. The summed E-state index contributed by atoms with van der Waals surface area (Å²) in [4.78, 5) is 26.1. The maximum atomic E-state index is 13.0. The lowest BCUT2D eigenvalue weighted by Crippen LogP contribution is -2.35. The average Bonchev–Trinajstić information content (AvgIpc) is 3.03. The van der Waals surface area contributed by atoms with E-state index in [1.54, 1.807) is 23.1 Å². The molecule has 0 bridgehead atoms. The maximum absolute atomic E-state index is 13.0. The second-order valence-corrected chi connectivity index (χ2v) is 9.60. The van der Waals surface area contributed by atoms with Crippen molar-refractivity contribution in [1.82, 2.24) is 4.31 Å².